The third-order valence-corrected chi connectivity index (χ3v) is 4.21. The maximum atomic E-state index is 12.2. The van der Waals surface area contributed by atoms with Gasteiger partial charge in [-0.15, -0.1) is 0 Å². The first-order valence-corrected chi connectivity index (χ1v) is 7.90. The number of carbonyl (C=O) groups is 1. The zero-order chi connectivity index (χ0) is 15.4. The van der Waals surface area contributed by atoms with Gasteiger partial charge in [0.25, 0.3) is 0 Å². The van der Waals surface area contributed by atoms with Gasteiger partial charge in [-0.3, -0.25) is 4.79 Å². The predicted molar refractivity (Wildman–Crippen MR) is 86.4 cm³/mol. The highest BCUT2D eigenvalue weighted by Crippen LogP contribution is 2.23. The van der Waals surface area contributed by atoms with Crippen molar-refractivity contribution < 1.29 is 4.79 Å². The molecule has 114 valence electrons. The van der Waals surface area contributed by atoms with E-state index in [1.165, 1.54) is 30.8 Å². The minimum atomic E-state index is -0.0451. The van der Waals surface area contributed by atoms with Gasteiger partial charge in [0.15, 0.2) is 5.78 Å². The van der Waals surface area contributed by atoms with Crippen LogP contribution in [0.5, 0.6) is 0 Å². The van der Waals surface area contributed by atoms with E-state index in [-0.39, 0.29) is 5.78 Å². The van der Waals surface area contributed by atoms with Crippen LogP contribution in [0.4, 0.5) is 0 Å². The summed E-state index contributed by atoms with van der Waals surface area (Å²) in [4.78, 5) is 20.1. The zero-order valence-corrected chi connectivity index (χ0v) is 13.0. The Morgan fingerprint density at radius 2 is 2.05 bits per heavy atom. The van der Waals surface area contributed by atoms with Crippen molar-refractivity contribution in [1.82, 2.24) is 15.3 Å². The number of Topliss-reactive ketones (excluding diaryl/α,β-unsaturated/α-hetero) is 1. The molecule has 0 bridgehead atoms. The Kier molecular flexibility index (Phi) is 4.80. The van der Waals surface area contributed by atoms with E-state index >= 15 is 0 Å². The van der Waals surface area contributed by atoms with Crippen molar-refractivity contribution in [3.8, 4) is 0 Å². The topological polar surface area (TPSA) is 54.9 Å². The number of hydrogen-bond donors (Lipinski definition) is 1. The van der Waals surface area contributed by atoms with Crippen LogP contribution in [-0.2, 0) is 6.42 Å². The third kappa shape index (κ3) is 3.70. The van der Waals surface area contributed by atoms with Gasteiger partial charge in [0.1, 0.15) is 10.8 Å². The summed E-state index contributed by atoms with van der Waals surface area (Å²) in [6, 6.07) is 8.33. The number of rotatable bonds is 4. The lowest BCUT2D eigenvalue weighted by molar-refractivity contribution is 0.0988. The molecule has 1 aromatic heterocycles. The van der Waals surface area contributed by atoms with Crippen LogP contribution in [0.1, 0.15) is 40.4 Å². The monoisotopic (exact) mass is 315 g/mol. The quantitative estimate of drug-likeness (QED) is 0.881. The number of benzene rings is 1. The standard InChI is InChI=1S/C17H18ClN3O/c18-17-11-20-15(10-21-17)16(22)8-12-3-5-13(6-4-12)14-2-1-7-19-9-14/h3-6,10-11,14,19H,1-2,7-9H2/t14-/m1/s1. The second kappa shape index (κ2) is 6.99. The number of piperidine rings is 1. The van der Waals surface area contributed by atoms with Crippen molar-refractivity contribution in [2.24, 2.45) is 0 Å². The highest BCUT2D eigenvalue weighted by molar-refractivity contribution is 6.29. The first-order chi connectivity index (χ1) is 10.7. The lowest BCUT2D eigenvalue weighted by Gasteiger charge is -2.23. The molecule has 5 heteroatoms. The molecule has 2 heterocycles. The van der Waals surface area contributed by atoms with Gasteiger partial charge in [0, 0.05) is 13.0 Å². The van der Waals surface area contributed by atoms with Crippen LogP contribution in [-0.4, -0.2) is 28.8 Å². The molecule has 0 radical (unpaired) electrons. The predicted octanol–water partition coefficient (Wildman–Crippen LogP) is 3.02. The van der Waals surface area contributed by atoms with E-state index in [1.54, 1.807) is 0 Å². The van der Waals surface area contributed by atoms with Gasteiger partial charge in [-0.05, 0) is 36.4 Å². The van der Waals surface area contributed by atoms with Gasteiger partial charge in [-0.2, -0.15) is 0 Å². The molecule has 2 aromatic rings. The Morgan fingerprint density at radius 3 is 2.68 bits per heavy atom. The lowest BCUT2D eigenvalue weighted by Crippen LogP contribution is -2.28. The van der Waals surface area contributed by atoms with Crippen molar-refractivity contribution in [2.45, 2.75) is 25.2 Å². The van der Waals surface area contributed by atoms with Gasteiger partial charge in [0.05, 0.1) is 12.4 Å². The molecule has 22 heavy (non-hydrogen) atoms. The number of hydrogen-bond acceptors (Lipinski definition) is 4. The number of nitrogens with zero attached hydrogens (tertiary/aromatic N) is 2. The molecule has 3 rings (SSSR count). The Labute approximate surface area is 134 Å². The fourth-order valence-electron chi connectivity index (χ4n) is 2.78. The molecule has 1 aromatic carbocycles. The molecular weight excluding hydrogens is 298 g/mol. The molecule has 0 unspecified atom stereocenters. The summed E-state index contributed by atoms with van der Waals surface area (Å²) in [5.41, 5.74) is 2.69. The summed E-state index contributed by atoms with van der Waals surface area (Å²) >= 11 is 5.68. The van der Waals surface area contributed by atoms with Crippen molar-refractivity contribution in [1.29, 1.82) is 0 Å². The lowest BCUT2D eigenvalue weighted by atomic mass is 9.91. The molecule has 0 aliphatic carbocycles. The van der Waals surface area contributed by atoms with E-state index in [4.69, 9.17) is 11.6 Å². The smallest absolute Gasteiger partial charge is 0.187 e. The first-order valence-electron chi connectivity index (χ1n) is 7.52. The van der Waals surface area contributed by atoms with Crippen molar-refractivity contribution >= 4 is 17.4 Å². The fourth-order valence-corrected chi connectivity index (χ4v) is 2.87. The summed E-state index contributed by atoms with van der Waals surface area (Å²) < 4.78 is 0. The number of halogens is 1. The normalized spacial score (nSPS) is 18.1. The maximum absolute atomic E-state index is 12.2. The average molecular weight is 316 g/mol. The first kappa shape index (κ1) is 15.1. The molecule has 0 amide bonds. The van der Waals surface area contributed by atoms with Crippen LogP contribution >= 0.6 is 11.6 Å². The molecule has 0 spiro atoms. The van der Waals surface area contributed by atoms with E-state index in [0.717, 1.165) is 18.7 Å². The second-order valence-electron chi connectivity index (χ2n) is 5.61. The Morgan fingerprint density at radius 1 is 1.23 bits per heavy atom. The summed E-state index contributed by atoms with van der Waals surface area (Å²) in [7, 11) is 0. The van der Waals surface area contributed by atoms with E-state index in [9.17, 15) is 4.79 Å². The van der Waals surface area contributed by atoms with E-state index in [2.05, 4.69) is 27.4 Å². The number of ketones is 1. The van der Waals surface area contributed by atoms with E-state index in [0.29, 0.717) is 23.2 Å². The van der Waals surface area contributed by atoms with Gasteiger partial charge < -0.3 is 5.32 Å². The molecule has 1 fully saturated rings. The van der Waals surface area contributed by atoms with Crippen LogP contribution < -0.4 is 5.32 Å². The summed E-state index contributed by atoms with van der Waals surface area (Å²) in [5, 5.41) is 3.72. The number of aromatic nitrogens is 2. The van der Waals surface area contributed by atoms with Crippen molar-refractivity contribution in [3.63, 3.8) is 0 Å². The summed E-state index contributed by atoms with van der Waals surface area (Å²) in [5.74, 6) is 0.539. The third-order valence-electron chi connectivity index (χ3n) is 4.02. The molecular formula is C17H18ClN3O. The highest BCUT2D eigenvalue weighted by Gasteiger charge is 2.15. The second-order valence-corrected chi connectivity index (χ2v) is 6.00. The van der Waals surface area contributed by atoms with Crippen molar-refractivity contribution in [3.05, 3.63) is 58.6 Å². The van der Waals surface area contributed by atoms with Gasteiger partial charge >= 0.3 is 0 Å². The van der Waals surface area contributed by atoms with Crippen molar-refractivity contribution in [2.75, 3.05) is 13.1 Å². The zero-order valence-electron chi connectivity index (χ0n) is 12.3. The van der Waals surface area contributed by atoms with Gasteiger partial charge in [0.2, 0.25) is 0 Å². The molecule has 4 nitrogen and oxygen atoms in total. The molecule has 0 saturated carbocycles. The molecule has 1 saturated heterocycles. The Balaban J connectivity index is 1.65. The maximum Gasteiger partial charge on any atom is 0.187 e. The number of carbonyl (C=O) groups excluding carboxylic acids is 1. The van der Waals surface area contributed by atoms with Crippen LogP contribution in [0.2, 0.25) is 5.15 Å². The number of nitrogens with one attached hydrogen (secondary N) is 1. The SMILES string of the molecule is O=C(Cc1ccc([C@@H]2CCCNC2)cc1)c1cnc(Cl)cn1. The summed E-state index contributed by atoms with van der Waals surface area (Å²) in [6.07, 6.45) is 5.60. The largest absolute Gasteiger partial charge is 0.316 e. The molecule has 1 N–H and O–H groups in total. The van der Waals surface area contributed by atoms with E-state index in [1.807, 2.05) is 12.1 Å². The fraction of sp³-hybridized carbons (Fsp3) is 0.353. The molecule has 1 atom stereocenters. The van der Waals surface area contributed by atoms with E-state index < -0.39 is 0 Å². The minimum Gasteiger partial charge on any atom is -0.316 e. The highest BCUT2D eigenvalue weighted by atomic mass is 35.5. The Hall–Kier alpha value is -1.78. The average Bonchev–Trinajstić information content (AvgIpc) is 2.57. The van der Waals surface area contributed by atoms with Crippen LogP contribution in [0.3, 0.4) is 0 Å². The van der Waals surface area contributed by atoms with Crippen LogP contribution in [0.15, 0.2) is 36.7 Å². The van der Waals surface area contributed by atoms with Crippen LogP contribution in [0, 0.1) is 0 Å². The minimum absolute atomic E-state index is 0.0451. The Bertz CT molecular complexity index is 634. The summed E-state index contributed by atoms with van der Waals surface area (Å²) in [6.45, 7) is 2.16. The van der Waals surface area contributed by atoms with Crippen LogP contribution in [0.25, 0.3) is 0 Å². The molecule has 1 aliphatic heterocycles. The molecule has 1 aliphatic rings. The van der Waals surface area contributed by atoms with Gasteiger partial charge in [-0.25, -0.2) is 9.97 Å². The van der Waals surface area contributed by atoms with Gasteiger partial charge in [-0.1, -0.05) is 35.9 Å².